The molecule has 7 nitrogen and oxygen atoms in total. The summed E-state index contributed by atoms with van der Waals surface area (Å²) in [5.41, 5.74) is 2.05. The molecule has 0 saturated carbocycles. The molecule has 3 rings (SSSR count). The van der Waals surface area contributed by atoms with Gasteiger partial charge in [-0.15, -0.1) is 10.2 Å². The molecule has 1 saturated heterocycles. The van der Waals surface area contributed by atoms with Gasteiger partial charge in [-0.3, -0.25) is 9.59 Å². The Labute approximate surface area is 166 Å². The number of nitrogens with one attached hydrogen (secondary N) is 1. The van der Waals surface area contributed by atoms with Crippen LogP contribution in [0.25, 0.3) is 0 Å². The van der Waals surface area contributed by atoms with Gasteiger partial charge in [0.05, 0.1) is 12.5 Å². The van der Waals surface area contributed by atoms with Gasteiger partial charge >= 0.3 is 0 Å². The molecule has 0 radical (unpaired) electrons. The van der Waals surface area contributed by atoms with E-state index in [0.717, 1.165) is 22.2 Å². The first-order valence-corrected chi connectivity index (χ1v) is 10.6. The maximum Gasteiger partial charge on any atom is 0.231 e. The van der Waals surface area contributed by atoms with Crippen molar-refractivity contribution in [2.24, 2.45) is 5.92 Å². The maximum absolute atomic E-state index is 12.5. The number of nitrogens with zero attached hydrogens (tertiary/aromatic N) is 3. The van der Waals surface area contributed by atoms with Gasteiger partial charge in [0, 0.05) is 31.5 Å². The minimum atomic E-state index is -0.392. The van der Waals surface area contributed by atoms with Crippen molar-refractivity contribution in [3.63, 3.8) is 0 Å². The molecule has 27 heavy (non-hydrogen) atoms. The summed E-state index contributed by atoms with van der Waals surface area (Å²) in [7, 11) is 1.65. The third-order valence-electron chi connectivity index (χ3n) is 4.30. The molecule has 1 aliphatic heterocycles. The average Bonchev–Trinajstić information content (AvgIpc) is 3.28. The Balaban J connectivity index is 1.57. The topological polar surface area (TPSA) is 84.4 Å². The zero-order valence-corrected chi connectivity index (χ0v) is 16.9. The molecule has 144 valence electrons. The lowest BCUT2D eigenvalue weighted by Gasteiger charge is -2.16. The van der Waals surface area contributed by atoms with E-state index in [-0.39, 0.29) is 18.2 Å². The molecule has 1 aromatic carbocycles. The molecule has 1 aliphatic rings. The van der Waals surface area contributed by atoms with Gasteiger partial charge in [0.1, 0.15) is 0 Å². The van der Waals surface area contributed by atoms with Gasteiger partial charge < -0.3 is 15.0 Å². The van der Waals surface area contributed by atoms with Crippen molar-refractivity contribution in [3.05, 3.63) is 29.8 Å². The largest absolute Gasteiger partial charge is 0.384 e. The smallest absolute Gasteiger partial charge is 0.231 e. The normalized spacial score (nSPS) is 16.7. The van der Waals surface area contributed by atoms with E-state index in [2.05, 4.69) is 22.4 Å². The van der Waals surface area contributed by atoms with Crippen LogP contribution in [-0.4, -0.2) is 48.0 Å². The van der Waals surface area contributed by atoms with Gasteiger partial charge in [-0.2, -0.15) is 0 Å². The lowest BCUT2D eigenvalue weighted by Crippen LogP contribution is -2.28. The highest BCUT2D eigenvalue weighted by Gasteiger charge is 2.35. The van der Waals surface area contributed by atoms with E-state index >= 15 is 0 Å². The fraction of sp³-hybridized carbons (Fsp3) is 0.444. The average molecular weight is 407 g/mol. The number of hydrogen-bond donors (Lipinski definition) is 1. The highest BCUT2D eigenvalue weighted by Crippen LogP contribution is 2.28. The number of carbonyl (C=O) groups is 2. The standard InChI is InChI=1S/C18H22N4O3S2/c1-3-12-4-6-14(7-5-12)22-11-13(10-15(22)23)16(24)19-17-20-21-18(27-17)26-9-8-25-2/h4-7,13H,3,8-11H2,1-2H3,(H,19,20,24)/t13-/m0/s1. The van der Waals surface area contributed by atoms with E-state index in [9.17, 15) is 9.59 Å². The molecule has 1 aromatic heterocycles. The van der Waals surface area contributed by atoms with E-state index in [4.69, 9.17) is 4.74 Å². The lowest BCUT2D eigenvalue weighted by atomic mass is 10.1. The van der Waals surface area contributed by atoms with Crippen LogP contribution >= 0.6 is 23.1 Å². The molecule has 2 heterocycles. The Bertz CT molecular complexity index is 794. The predicted molar refractivity (Wildman–Crippen MR) is 107 cm³/mol. The number of carbonyl (C=O) groups excluding carboxylic acids is 2. The first-order chi connectivity index (χ1) is 13.1. The SMILES string of the molecule is CCc1ccc(N2C[C@@H](C(=O)Nc3nnc(SCCOC)s3)CC2=O)cc1. The Morgan fingerprint density at radius 2 is 2.15 bits per heavy atom. The number of anilines is 2. The van der Waals surface area contributed by atoms with E-state index < -0.39 is 5.92 Å². The van der Waals surface area contributed by atoms with E-state index in [1.54, 1.807) is 12.0 Å². The minimum Gasteiger partial charge on any atom is -0.384 e. The second-order valence-electron chi connectivity index (χ2n) is 6.13. The zero-order valence-electron chi connectivity index (χ0n) is 15.3. The summed E-state index contributed by atoms with van der Waals surface area (Å²) in [5.74, 6) is 0.159. The van der Waals surface area contributed by atoms with Crippen molar-refractivity contribution in [2.75, 3.05) is 36.2 Å². The predicted octanol–water partition coefficient (Wildman–Crippen LogP) is 2.83. The van der Waals surface area contributed by atoms with Gasteiger partial charge in [0.2, 0.25) is 16.9 Å². The first-order valence-electron chi connectivity index (χ1n) is 8.76. The second kappa shape index (κ2) is 9.29. The minimum absolute atomic E-state index is 0.0347. The van der Waals surface area contributed by atoms with Crippen LogP contribution in [0.1, 0.15) is 18.9 Å². The van der Waals surface area contributed by atoms with Crippen LogP contribution in [-0.2, 0) is 20.7 Å². The van der Waals surface area contributed by atoms with Crippen LogP contribution in [0.2, 0.25) is 0 Å². The maximum atomic E-state index is 12.5. The highest BCUT2D eigenvalue weighted by atomic mass is 32.2. The molecule has 2 aromatic rings. The monoisotopic (exact) mass is 406 g/mol. The number of hydrogen-bond acceptors (Lipinski definition) is 7. The van der Waals surface area contributed by atoms with Crippen LogP contribution in [0, 0.1) is 5.92 Å². The number of aromatic nitrogens is 2. The summed E-state index contributed by atoms with van der Waals surface area (Å²) in [6.07, 6.45) is 1.16. The zero-order chi connectivity index (χ0) is 19.2. The van der Waals surface area contributed by atoms with E-state index in [1.165, 1.54) is 28.7 Å². The van der Waals surface area contributed by atoms with Gasteiger partial charge in [-0.1, -0.05) is 42.2 Å². The molecule has 1 fully saturated rings. The Morgan fingerprint density at radius 1 is 1.37 bits per heavy atom. The summed E-state index contributed by atoms with van der Waals surface area (Å²) < 4.78 is 5.78. The molecule has 1 N–H and O–H groups in total. The summed E-state index contributed by atoms with van der Waals surface area (Å²) in [6.45, 7) is 3.10. The first kappa shape index (κ1) is 19.8. The molecule has 2 amide bonds. The number of thioether (sulfide) groups is 1. The number of rotatable bonds is 8. The Kier molecular flexibility index (Phi) is 6.81. The third kappa shape index (κ3) is 5.06. The number of aryl methyl sites for hydroxylation is 1. The molecular formula is C18H22N4O3S2. The van der Waals surface area contributed by atoms with E-state index in [1.807, 2.05) is 24.3 Å². The molecule has 9 heteroatoms. The van der Waals surface area contributed by atoms with Crippen molar-refractivity contribution < 1.29 is 14.3 Å². The molecule has 0 bridgehead atoms. The fourth-order valence-corrected chi connectivity index (χ4v) is 4.51. The van der Waals surface area contributed by atoms with Crippen LogP contribution in [0.4, 0.5) is 10.8 Å². The Morgan fingerprint density at radius 3 is 2.85 bits per heavy atom. The van der Waals surface area contributed by atoms with Crippen LogP contribution < -0.4 is 10.2 Å². The van der Waals surface area contributed by atoms with Crippen LogP contribution in [0.3, 0.4) is 0 Å². The summed E-state index contributed by atoms with van der Waals surface area (Å²) in [5, 5.41) is 11.3. The van der Waals surface area contributed by atoms with Crippen molar-refractivity contribution in [3.8, 4) is 0 Å². The van der Waals surface area contributed by atoms with E-state index in [0.29, 0.717) is 18.3 Å². The van der Waals surface area contributed by atoms with Gasteiger partial charge in [-0.25, -0.2) is 0 Å². The highest BCUT2D eigenvalue weighted by molar-refractivity contribution is 8.01. The second-order valence-corrected chi connectivity index (χ2v) is 8.45. The molecule has 0 aliphatic carbocycles. The number of amides is 2. The molecule has 1 atom stereocenters. The van der Waals surface area contributed by atoms with Crippen molar-refractivity contribution >= 4 is 45.7 Å². The Hall–Kier alpha value is -1.97. The van der Waals surface area contributed by atoms with Crippen LogP contribution in [0.15, 0.2) is 28.6 Å². The third-order valence-corrected chi connectivity index (χ3v) is 6.24. The number of ether oxygens (including phenoxy) is 1. The summed E-state index contributed by atoms with van der Waals surface area (Å²) in [6, 6.07) is 7.90. The lowest BCUT2D eigenvalue weighted by molar-refractivity contribution is -0.122. The summed E-state index contributed by atoms with van der Waals surface area (Å²) >= 11 is 2.86. The van der Waals surface area contributed by atoms with Gasteiger partial charge in [-0.05, 0) is 24.1 Å². The van der Waals surface area contributed by atoms with Crippen molar-refractivity contribution in [1.82, 2.24) is 10.2 Å². The van der Waals surface area contributed by atoms with Crippen LogP contribution in [0.5, 0.6) is 0 Å². The fourth-order valence-electron chi connectivity index (χ4n) is 2.78. The molecule has 0 unspecified atom stereocenters. The molecular weight excluding hydrogens is 384 g/mol. The van der Waals surface area contributed by atoms with Crippen molar-refractivity contribution in [1.29, 1.82) is 0 Å². The number of benzene rings is 1. The van der Waals surface area contributed by atoms with Gasteiger partial charge in [0.15, 0.2) is 4.34 Å². The van der Waals surface area contributed by atoms with Crippen molar-refractivity contribution in [2.45, 2.75) is 24.1 Å². The summed E-state index contributed by atoms with van der Waals surface area (Å²) in [4.78, 5) is 26.6. The quantitative estimate of drug-likeness (QED) is 0.412. The number of methoxy groups -OCH3 is 1. The van der Waals surface area contributed by atoms with Gasteiger partial charge in [0.25, 0.3) is 0 Å². The molecule has 0 spiro atoms.